The van der Waals surface area contributed by atoms with Crippen molar-refractivity contribution in [3.05, 3.63) is 34.4 Å². The van der Waals surface area contributed by atoms with Gasteiger partial charge in [-0.1, -0.05) is 11.6 Å². The molecule has 1 heterocycles. The Morgan fingerprint density at radius 2 is 2.14 bits per heavy atom. The number of halogens is 1. The maximum atomic E-state index is 12.2. The molecule has 6 heteroatoms. The van der Waals surface area contributed by atoms with Gasteiger partial charge < -0.3 is 15.2 Å². The van der Waals surface area contributed by atoms with Gasteiger partial charge in [-0.3, -0.25) is 4.79 Å². The van der Waals surface area contributed by atoms with Crippen LogP contribution in [0, 0.1) is 5.92 Å². The zero-order chi connectivity index (χ0) is 15.0. The number of rotatable bonds is 4. The number of benzene rings is 1. The molecule has 1 aliphatic carbocycles. The van der Waals surface area contributed by atoms with Gasteiger partial charge in [0, 0.05) is 10.6 Å². The second kappa shape index (κ2) is 5.41. The van der Waals surface area contributed by atoms with E-state index < -0.39 is 17.9 Å². The molecule has 3 rings (SSSR count). The van der Waals surface area contributed by atoms with E-state index in [9.17, 15) is 9.59 Å². The van der Waals surface area contributed by atoms with Crippen LogP contribution in [-0.4, -0.2) is 29.6 Å². The Morgan fingerprint density at radius 1 is 1.38 bits per heavy atom. The molecular formula is C15H14ClNO4. The van der Waals surface area contributed by atoms with Crippen LogP contribution in [0.3, 0.4) is 0 Å². The van der Waals surface area contributed by atoms with Gasteiger partial charge in [-0.05, 0) is 43.0 Å². The first-order valence-corrected chi connectivity index (χ1v) is 7.09. The highest BCUT2D eigenvalue weighted by Gasteiger charge is 2.37. The SMILES string of the molecule is O=C(NC(C(=O)O)C1CC1)C1=Cc2cc(Cl)ccc2OC1. The van der Waals surface area contributed by atoms with E-state index in [2.05, 4.69) is 5.32 Å². The molecule has 2 aliphatic rings. The molecule has 0 spiro atoms. The third-order valence-corrected chi connectivity index (χ3v) is 3.86. The van der Waals surface area contributed by atoms with Crippen molar-refractivity contribution in [3.8, 4) is 5.75 Å². The molecule has 1 aliphatic heterocycles. The fourth-order valence-electron chi connectivity index (χ4n) is 2.32. The number of amides is 1. The monoisotopic (exact) mass is 307 g/mol. The lowest BCUT2D eigenvalue weighted by Gasteiger charge is -2.20. The Balaban J connectivity index is 1.77. The minimum Gasteiger partial charge on any atom is -0.488 e. The fourth-order valence-corrected chi connectivity index (χ4v) is 2.50. The van der Waals surface area contributed by atoms with E-state index >= 15 is 0 Å². The van der Waals surface area contributed by atoms with Crippen LogP contribution in [0.25, 0.3) is 6.08 Å². The molecule has 1 unspecified atom stereocenters. The van der Waals surface area contributed by atoms with Crippen molar-refractivity contribution in [2.24, 2.45) is 5.92 Å². The standard InChI is InChI=1S/C15H14ClNO4/c16-11-3-4-12-9(6-11)5-10(7-21-12)14(18)17-13(15(19)20)8-1-2-8/h3-6,8,13H,1-2,7H2,(H,17,18)(H,19,20). The van der Waals surface area contributed by atoms with Gasteiger partial charge in [0.1, 0.15) is 18.4 Å². The highest BCUT2D eigenvalue weighted by atomic mass is 35.5. The van der Waals surface area contributed by atoms with E-state index in [1.165, 1.54) is 0 Å². The summed E-state index contributed by atoms with van der Waals surface area (Å²) in [7, 11) is 0. The van der Waals surface area contributed by atoms with Crippen molar-refractivity contribution in [2.75, 3.05) is 6.61 Å². The predicted molar refractivity (Wildman–Crippen MR) is 77.2 cm³/mol. The van der Waals surface area contributed by atoms with E-state index in [1.54, 1.807) is 24.3 Å². The summed E-state index contributed by atoms with van der Waals surface area (Å²) in [5, 5.41) is 12.3. The number of fused-ring (bicyclic) bond motifs is 1. The van der Waals surface area contributed by atoms with Crippen molar-refractivity contribution in [1.82, 2.24) is 5.32 Å². The number of hydrogen-bond donors (Lipinski definition) is 2. The van der Waals surface area contributed by atoms with E-state index in [1.807, 2.05) is 0 Å². The summed E-state index contributed by atoms with van der Waals surface area (Å²) in [6.07, 6.45) is 3.36. The maximum Gasteiger partial charge on any atom is 0.326 e. The summed E-state index contributed by atoms with van der Waals surface area (Å²) in [6, 6.07) is 4.35. The molecule has 21 heavy (non-hydrogen) atoms. The highest BCUT2D eigenvalue weighted by Crippen LogP contribution is 2.33. The summed E-state index contributed by atoms with van der Waals surface area (Å²) >= 11 is 5.92. The Labute approximate surface area is 126 Å². The Morgan fingerprint density at radius 3 is 2.81 bits per heavy atom. The van der Waals surface area contributed by atoms with Crippen LogP contribution in [0.2, 0.25) is 5.02 Å². The highest BCUT2D eigenvalue weighted by molar-refractivity contribution is 6.30. The van der Waals surface area contributed by atoms with Gasteiger partial charge >= 0.3 is 5.97 Å². The molecule has 110 valence electrons. The van der Waals surface area contributed by atoms with Gasteiger partial charge in [0.25, 0.3) is 5.91 Å². The van der Waals surface area contributed by atoms with Gasteiger partial charge in [0.15, 0.2) is 0 Å². The number of carbonyl (C=O) groups excluding carboxylic acids is 1. The quantitative estimate of drug-likeness (QED) is 0.893. The number of carboxylic acids is 1. The van der Waals surface area contributed by atoms with E-state index in [0.717, 1.165) is 18.4 Å². The van der Waals surface area contributed by atoms with Gasteiger partial charge in [-0.15, -0.1) is 0 Å². The smallest absolute Gasteiger partial charge is 0.326 e. The number of aliphatic carboxylic acids is 1. The summed E-state index contributed by atoms with van der Waals surface area (Å²) in [6.45, 7) is 0.122. The molecular weight excluding hydrogens is 294 g/mol. The molecule has 1 saturated carbocycles. The van der Waals surface area contributed by atoms with Crippen LogP contribution in [-0.2, 0) is 9.59 Å². The third-order valence-electron chi connectivity index (χ3n) is 3.62. The first kappa shape index (κ1) is 13.9. The van der Waals surface area contributed by atoms with Crippen molar-refractivity contribution in [2.45, 2.75) is 18.9 Å². The van der Waals surface area contributed by atoms with Crippen molar-refractivity contribution < 1.29 is 19.4 Å². The second-order valence-corrected chi connectivity index (χ2v) is 5.70. The van der Waals surface area contributed by atoms with Crippen LogP contribution in [0.1, 0.15) is 18.4 Å². The molecule has 2 N–H and O–H groups in total. The molecule has 0 bridgehead atoms. The van der Waals surface area contributed by atoms with E-state index in [-0.39, 0.29) is 12.5 Å². The van der Waals surface area contributed by atoms with Crippen molar-refractivity contribution in [3.63, 3.8) is 0 Å². The average Bonchev–Trinajstić information content (AvgIpc) is 3.27. The van der Waals surface area contributed by atoms with Gasteiger partial charge in [0.2, 0.25) is 0 Å². The average molecular weight is 308 g/mol. The lowest BCUT2D eigenvalue weighted by atomic mass is 10.1. The number of carbonyl (C=O) groups is 2. The van der Waals surface area contributed by atoms with Crippen LogP contribution in [0.15, 0.2) is 23.8 Å². The molecule has 1 aromatic rings. The Bertz CT molecular complexity index is 637. The zero-order valence-corrected chi connectivity index (χ0v) is 11.9. The van der Waals surface area contributed by atoms with Crippen LogP contribution in [0.5, 0.6) is 5.75 Å². The number of carboxylic acid groups (broad SMARTS) is 1. The van der Waals surface area contributed by atoms with Crippen LogP contribution < -0.4 is 10.1 Å². The molecule has 0 saturated heterocycles. The fraction of sp³-hybridized carbons (Fsp3) is 0.333. The molecule has 5 nitrogen and oxygen atoms in total. The summed E-state index contributed by atoms with van der Waals surface area (Å²) in [5.41, 5.74) is 1.12. The molecule has 1 aromatic carbocycles. The lowest BCUT2D eigenvalue weighted by molar-refractivity contribution is -0.142. The molecule has 0 radical (unpaired) electrons. The normalized spacial score (nSPS) is 18.0. The van der Waals surface area contributed by atoms with Crippen LogP contribution >= 0.6 is 11.6 Å². The minimum absolute atomic E-state index is 0.0401. The molecule has 0 aromatic heterocycles. The van der Waals surface area contributed by atoms with Gasteiger partial charge in [-0.2, -0.15) is 0 Å². The number of hydrogen-bond acceptors (Lipinski definition) is 3. The Kier molecular flexibility index (Phi) is 3.59. The van der Waals surface area contributed by atoms with Crippen molar-refractivity contribution in [1.29, 1.82) is 0 Å². The summed E-state index contributed by atoms with van der Waals surface area (Å²) in [5.74, 6) is -0.697. The predicted octanol–water partition coefficient (Wildman–Crippen LogP) is 2.10. The van der Waals surface area contributed by atoms with E-state index in [4.69, 9.17) is 21.4 Å². The maximum absolute atomic E-state index is 12.2. The molecule has 1 amide bonds. The second-order valence-electron chi connectivity index (χ2n) is 5.27. The third kappa shape index (κ3) is 3.03. The summed E-state index contributed by atoms with van der Waals surface area (Å²) < 4.78 is 5.50. The lowest BCUT2D eigenvalue weighted by Crippen LogP contribution is -2.43. The van der Waals surface area contributed by atoms with E-state index in [0.29, 0.717) is 16.3 Å². The zero-order valence-electron chi connectivity index (χ0n) is 11.1. The first-order valence-electron chi connectivity index (χ1n) is 6.71. The minimum atomic E-state index is -0.994. The molecule has 1 atom stereocenters. The topological polar surface area (TPSA) is 75.6 Å². The summed E-state index contributed by atoms with van der Waals surface area (Å²) in [4.78, 5) is 23.3. The molecule has 1 fully saturated rings. The van der Waals surface area contributed by atoms with Gasteiger partial charge in [0.05, 0.1) is 5.57 Å². The van der Waals surface area contributed by atoms with Gasteiger partial charge in [-0.25, -0.2) is 4.79 Å². The first-order chi connectivity index (χ1) is 10.0. The van der Waals surface area contributed by atoms with Crippen molar-refractivity contribution >= 4 is 29.6 Å². The Hall–Kier alpha value is -2.01. The van der Waals surface area contributed by atoms with Crippen LogP contribution in [0.4, 0.5) is 0 Å². The largest absolute Gasteiger partial charge is 0.488 e. The number of ether oxygens (including phenoxy) is 1. The number of nitrogens with one attached hydrogen (secondary N) is 1.